The summed E-state index contributed by atoms with van der Waals surface area (Å²) < 4.78 is 4.98. The van der Waals surface area contributed by atoms with Crippen LogP contribution in [0.4, 0.5) is 5.69 Å². The molecule has 0 radical (unpaired) electrons. The van der Waals surface area contributed by atoms with Gasteiger partial charge in [0.2, 0.25) is 0 Å². The summed E-state index contributed by atoms with van der Waals surface area (Å²) in [5.41, 5.74) is 2.09. The van der Waals surface area contributed by atoms with Gasteiger partial charge in [-0.15, -0.1) is 0 Å². The Bertz CT molecular complexity index is 287. The van der Waals surface area contributed by atoms with Gasteiger partial charge in [0.05, 0.1) is 12.7 Å². The molecular weight excluding hydrogens is 164 g/mol. The molecule has 1 aromatic carbocycles. The lowest BCUT2D eigenvalue weighted by Crippen LogP contribution is -1.98. The molecule has 0 unspecified atom stereocenters. The van der Waals surface area contributed by atoms with Crippen molar-refractivity contribution in [2.45, 2.75) is 6.61 Å². The Morgan fingerprint density at radius 1 is 1.38 bits per heavy atom. The summed E-state index contributed by atoms with van der Waals surface area (Å²) in [4.78, 5) is 0. The lowest BCUT2D eigenvalue weighted by molar-refractivity contribution is 0.185. The average molecular weight is 176 g/mol. The molecule has 3 heteroatoms. The van der Waals surface area contributed by atoms with Crippen LogP contribution < -0.4 is 5.32 Å². The van der Waals surface area contributed by atoms with Crippen LogP contribution in [0.2, 0.25) is 0 Å². The Labute approximate surface area is 77.9 Å². The number of nitrogens with one attached hydrogen (secondary N) is 1. The molecule has 0 saturated heterocycles. The molecule has 3 nitrogen and oxygen atoms in total. The van der Waals surface area contributed by atoms with E-state index in [1.54, 1.807) is 7.11 Å². The van der Waals surface area contributed by atoms with E-state index in [0.717, 1.165) is 11.3 Å². The van der Waals surface area contributed by atoms with E-state index in [0.29, 0.717) is 13.2 Å². The van der Waals surface area contributed by atoms with Crippen molar-refractivity contribution in [3.8, 4) is 6.07 Å². The zero-order chi connectivity index (χ0) is 9.52. The van der Waals surface area contributed by atoms with Gasteiger partial charge in [-0.2, -0.15) is 5.26 Å². The average Bonchev–Trinajstić information content (AvgIpc) is 2.17. The fourth-order valence-corrected chi connectivity index (χ4v) is 1.03. The van der Waals surface area contributed by atoms with Crippen molar-refractivity contribution in [3.05, 3.63) is 29.8 Å². The Morgan fingerprint density at radius 3 is 2.62 bits per heavy atom. The van der Waals surface area contributed by atoms with Crippen LogP contribution in [0.15, 0.2) is 24.3 Å². The molecule has 0 bridgehead atoms. The van der Waals surface area contributed by atoms with Crippen molar-refractivity contribution in [2.75, 3.05) is 19.0 Å². The van der Waals surface area contributed by atoms with Gasteiger partial charge in [-0.3, -0.25) is 0 Å². The standard InChI is InChI=1S/C10H12N2O/c1-13-8-9-2-4-10(5-3-9)12-7-6-11/h2-5,12H,7-8H2,1H3. The van der Waals surface area contributed by atoms with Gasteiger partial charge in [-0.05, 0) is 17.7 Å². The number of nitrogens with zero attached hydrogens (tertiary/aromatic N) is 1. The zero-order valence-electron chi connectivity index (χ0n) is 7.58. The maximum atomic E-state index is 8.33. The highest BCUT2D eigenvalue weighted by molar-refractivity contribution is 5.45. The molecule has 68 valence electrons. The number of benzene rings is 1. The molecule has 0 fully saturated rings. The first kappa shape index (κ1) is 9.56. The molecule has 0 spiro atoms. The second kappa shape index (κ2) is 5.18. The van der Waals surface area contributed by atoms with Crippen molar-refractivity contribution < 1.29 is 4.74 Å². The molecule has 0 saturated carbocycles. The highest BCUT2D eigenvalue weighted by Crippen LogP contribution is 2.09. The molecule has 0 aliphatic heterocycles. The second-order valence-corrected chi connectivity index (χ2v) is 2.64. The van der Waals surface area contributed by atoms with E-state index in [4.69, 9.17) is 10.00 Å². The first-order valence-electron chi connectivity index (χ1n) is 4.05. The largest absolute Gasteiger partial charge is 0.380 e. The number of hydrogen-bond acceptors (Lipinski definition) is 3. The molecule has 0 aliphatic carbocycles. The third kappa shape index (κ3) is 3.14. The van der Waals surface area contributed by atoms with Crippen LogP contribution in [-0.2, 0) is 11.3 Å². The number of anilines is 1. The highest BCUT2D eigenvalue weighted by Gasteiger charge is 1.92. The number of nitriles is 1. The van der Waals surface area contributed by atoms with Crippen molar-refractivity contribution in [1.82, 2.24) is 0 Å². The number of ether oxygens (including phenoxy) is 1. The first-order valence-corrected chi connectivity index (χ1v) is 4.05. The fourth-order valence-electron chi connectivity index (χ4n) is 1.03. The number of methoxy groups -OCH3 is 1. The van der Waals surface area contributed by atoms with Gasteiger partial charge in [0.1, 0.15) is 6.54 Å². The van der Waals surface area contributed by atoms with Crippen molar-refractivity contribution in [1.29, 1.82) is 5.26 Å². The maximum Gasteiger partial charge on any atom is 0.103 e. The molecular formula is C10H12N2O. The Balaban J connectivity index is 2.54. The summed E-state index contributed by atoms with van der Waals surface area (Å²) >= 11 is 0. The molecule has 13 heavy (non-hydrogen) atoms. The minimum Gasteiger partial charge on any atom is -0.380 e. The van der Waals surface area contributed by atoms with E-state index in [2.05, 4.69) is 5.32 Å². The SMILES string of the molecule is COCc1ccc(NCC#N)cc1. The van der Waals surface area contributed by atoms with Crippen LogP contribution in [0.1, 0.15) is 5.56 Å². The third-order valence-corrected chi connectivity index (χ3v) is 1.64. The van der Waals surface area contributed by atoms with E-state index in [1.807, 2.05) is 30.3 Å². The predicted octanol–water partition coefficient (Wildman–Crippen LogP) is 1.77. The Morgan fingerprint density at radius 2 is 2.08 bits per heavy atom. The quantitative estimate of drug-likeness (QED) is 0.711. The third-order valence-electron chi connectivity index (χ3n) is 1.64. The maximum absolute atomic E-state index is 8.33. The van der Waals surface area contributed by atoms with Gasteiger partial charge in [-0.1, -0.05) is 12.1 Å². The minimum absolute atomic E-state index is 0.337. The summed E-state index contributed by atoms with van der Waals surface area (Å²) in [5.74, 6) is 0. The van der Waals surface area contributed by atoms with Crippen LogP contribution in [0.25, 0.3) is 0 Å². The summed E-state index contributed by atoms with van der Waals surface area (Å²) in [6.07, 6.45) is 0. The van der Waals surface area contributed by atoms with Gasteiger partial charge in [-0.25, -0.2) is 0 Å². The fraction of sp³-hybridized carbons (Fsp3) is 0.300. The lowest BCUT2D eigenvalue weighted by atomic mass is 10.2. The first-order chi connectivity index (χ1) is 6.36. The number of rotatable bonds is 4. The highest BCUT2D eigenvalue weighted by atomic mass is 16.5. The van der Waals surface area contributed by atoms with Gasteiger partial charge in [0.25, 0.3) is 0 Å². The molecule has 0 atom stereocenters. The summed E-state index contributed by atoms with van der Waals surface area (Å²) in [5, 5.41) is 11.3. The second-order valence-electron chi connectivity index (χ2n) is 2.64. The zero-order valence-corrected chi connectivity index (χ0v) is 7.58. The van der Waals surface area contributed by atoms with E-state index in [-0.39, 0.29) is 0 Å². The van der Waals surface area contributed by atoms with Crippen LogP contribution in [0.5, 0.6) is 0 Å². The van der Waals surface area contributed by atoms with Crippen molar-refractivity contribution in [3.63, 3.8) is 0 Å². The van der Waals surface area contributed by atoms with Crippen LogP contribution in [0.3, 0.4) is 0 Å². The molecule has 0 aliphatic rings. The lowest BCUT2D eigenvalue weighted by Gasteiger charge is -2.03. The van der Waals surface area contributed by atoms with E-state index in [9.17, 15) is 0 Å². The predicted molar refractivity (Wildman–Crippen MR) is 51.3 cm³/mol. The summed E-state index contributed by atoms with van der Waals surface area (Å²) in [7, 11) is 1.67. The van der Waals surface area contributed by atoms with Gasteiger partial charge in [0, 0.05) is 12.8 Å². The molecule has 1 rings (SSSR count). The normalized spacial score (nSPS) is 9.23. The summed E-state index contributed by atoms with van der Waals surface area (Å²) in [6.45, 7) is 0.960. The van der Waals surface area contributed by atoms with Crippen LogP contribution in [0, 0.1) is 11.3 Å². The molecule has 0 aromatic heterocycles. The van der Waals surface area contributed by atoms with Gasteiger partial charge >= 0.3 is 0 Å². The monoisotopic (exact) mass is 176 g/mol. The van der Waals surface area contributed by atoms with E-state index in [1.165, 1.54) is 0 Å². The molecule has 1 N–H and O–H groups in total. The van der Waals surface area contributed by atoms with Crippen molar-refractivity contribution in [2.24, 2.45) is 0 Å². The van der Waals surface area contributed by atoms with Crippen LogP contribution in [-0.4, -0.2) is 13.7 Å². The van der Waals surface area contributed by atoms with Crippen LogP contribution >= 0.6 is 0 Å². The van der Waals surface area contributed by atoms with E-state index < -0.39 is 0 Å². The minimum atomic E-state index is 0.337. The van der Waals surface area contributed by atoms with Gasteiger partial charge in [0.15, 0.2) is 0 Å². The number of hydrogen-bond donors (Lipinski definition) is 1. The van der Waals surface area contributed by atoms with Crippen molar-refractivity contribution >= 4 is 5.69 Å². The summed E-state index contributed by atoms with van der Waals surface area (Å²) in [6, 6.07) is 9.84. The molecule has 0 amide bonds. The smallest absolute Gasteiger partial charge is 0.103 e. The topological polar surface area (TPSA) is 45.0 Å². The molecule has 1 aromatic rings. The Kier molecular flexibility index (Phi) is 3.80. The van der Waals surface area contributed by atoms with E-state index >= 15 is 0 Å². The molecule has 0 heterocycles. The Hall–Kier alpha value is -1.53. The van der Waals surface area contributed by atoms with Gasteiger partial charge < -0.3 is 10.1 Å².